The minimum Gasteiger partial charge on any atom is -0.415 e. The molecule has 11 heteroatoms. The van der Waals surface area contributed by atoms with E-state index in [-0.39, 0.29) is 23.5 Å². The molecule has 0 radical (unpaired) electrons. The number of carbonyl (C=O) groups excluding carboxylic acids is 1. The van der Waals surface area contributed by atoms with Crippen LogP contribution in [-0.4, -0.2) is 45.2 Å². The van der Waals surface area contributed by atoms with E-state index in [0.29, 0.717) is 22.8 Å². The number of nitrogens with zero attached hydrogens (tertiary/aromatic N) is 4. The number of hydrogen-bond donors (Lipinski definition) is 3. The third-order valence-electron chi connectivity index (χ3n) is 4.12. The lowest BCUT2D eigenvalue weighted by Crippen LogP contribution is -2.25. The Balaban J connectivity index is 1.70. The van der Waals surface area contributed by atoms with E-state index in [2.05, 4.69) is 35.8 Å². The number of nitrogens with one attached hydrogen (secondary N) is 3. The Labute approximate surface area is 158 Å². The summed E-state index contributed by atoms with van der Waals surface area (Å²) >= 11 is 0. The van der Waals surface area contributed by atoms with Gasteiger partial charge in [0.25, 0.3) is 5.91 Å². The summed E-state index contributed by atoms with van der Waals surface area (Å²) in [4.78, 5) is 20.7. The molecular weight excluding hydrogens is 372 g/mol. The zero-order valence-corrected chi connectivity index (χ0v) is 14.8. The molecule has 1 fully saturated rings. The van der Waals surface area contributed by atoms with Gasteiger partial charge in [0.2, 0.25) is 5.88 Å². The number of carbonyl (C=O) groups is 1. The average Bonchev–Trinajstić information content (AvgIpc) is 3.37. The summed E-state index contributed by atoms with van der Waals surface area (Å²) in [7, 11) is 1.69. The van der Waals surface area contributed by atoms with Gasteiger partial charge in [-0.2, -0.15) is 18.4 Å². The molecule has 9 nitrogen and oxygen atoms in total. The molecule has 1 aliphatic rings. The highest BCUT2D eigenvalue weighted by Gasteiger charge is 2.26. The summed E-state index contributed by atoms with van der Waals surface area (Å²) in [6, 6.07) is 4.93. The first kappa shape index (κ1) is 17.9. The van der Waals surface area contributed by atoms with Crippen LogP contribution in [0.2, 0.25) is 0 Å². The van der Waals surface area contributed by atoms with E-state index in [9.17, 15) is 13.6 Å². The molecule has 4 rings (SSSR count). The van der Waals surface area contributed by atoms with Crippen molar-refractivity contribution in [1.82, 2.24) is 24.9 Å². The predicted molar refractivity (Wildman–Crippen MR) is 97.2 cm³/mol. The quantitative estimate of drug-likeness (QED) is 0.570. The van der Waals surface area contributed by atoms with Crippen molar-refractivity contribution in [2.45, 2.75) is 25.5 Å². The van der Waals surface area contributed by atoms with Crippen molar-refractivity contribution in [3.63, 3.8) is 0 Å². The second kappa shape index (κ2) is 7.25. The van der Waals surface area contributed by atoms with Gasteiger partial charge in [0.1, 0.15) is 22.9 Å². The van der Waals surface area contributed by atoms with Gasteiger partial charge in [-0.05, 0) is 25.0 Å². The second-order valence-electron chi connectivity index (χ2n) is 6.18. The fourth-order valence-electron chi connectivity index (χ4n) is 2.66. The van der Waals surface area contributed by atoms with Gasteiger partial charge in [-0.3, -0.25) is 4.79 Å². The van der Waals surface area contributed by atoms with Gasteiger partial charge >= 0.3 is 6.61 Å². The molecule has 0 aromatic carbocycles. The van der Waals surface area contributed by atoms with Crippen LogP contribution < -0.4 is 20.7 Å². The number of alkyl halides is 2. The first-order valence-corrected chi connectivity index (χ1v) is 8.59. The van der Waals surface area contributed by atoms with Crippen LogP contribution in [-0.2, 0) is 0 Å². The Morgan fingerprint density at radius 1 is 1.39 bits per heavy atom. The SMILES string of the molecule is CNc1cc(Nc2cccnc2OC(F)F)nc2c(C(=O)NC3CC3)cnn12. The van der Waals surface area contributed by atoms with Gasteiger partial charge in [-0.15, -0.1) is 0 Å². The zero-order valence-electron chi connectivity index (χ0n) is 14.8. The van der Waals surface area contributed by atoms with E-state index < -0.39 is 6.61 Å². The van der Waals surface area contributed by atoms with Crippen molar-refractivity contribution >= 4 is 28.9 Å². The fraction of sp³-hybridized carbons (Fsp3) is 0.294. The van der Waals surface area contributed by atoms with Gasteiger partial charge in [0, 0.05) is 25.4 Å². The smallest absolute Gasteiger partial charge is 0.388 e. The number of amides is 1. The molecule has 1 saturated carbocycles. The molecule has 0 spiro atoms. The number of hydrogen-bond acceptors (Lipinski definition) is 7. The molecule has 0 saturated heterocycles. The number of rotatable bonds is 7. The number of anilines is 3. The van der Waals surface area contributed by atoms with Crippen LogP contribution in [0.25, 0.3) is 5.65 Å². The van der Waals surface area contributed by atoms with Gasteiger partial charge in [0.05, 0.1) is 6.20 Å². The Morgan fingerprint density at radius 2 is 2.21 bits per heavy atom. The molecule has 28 heavy (non-hydrogen) atoms. The summed E-state index contributed by atoms with van der Waals surface area (Å²) in [6.45, 7) is -3.01. The Hall–Kier alpha value is -3.50. The van der Waals surface area contributed by atoms with Crippen LogP contribution in [0.15, 0.2) is 30.6 Å². The van der Waals surface area contributed by atoms with E-state index in [4.69, 9.17) is 0 Å². The third-order valence-corrected chi connectivity index (χ3v) is 4.12. The lowest BCUT2D eigenvalue weighted by Gasteiger charge is -2.12. The normalized spacial score (nSPS) is 13.6. The van der Waals surface area contributed by atoms with E-state index >= 15 is 0 Å². The molecule has 146 valence electrons. The van der Waals surface area contributed by atoms with Crippen molar-refractivity contribution in [1.29, 1.82) is 0 Å². The van der Waals surface area contributed by atoms with E-state index in [1.54, 1.807) is 19.2 Å². The molecule has 1 amide bonds. The van der Waals surface area contributed by atoms with Crippen molar-refractivity contribution in [3.8, 4) is 5.88 Å². The first-order valence-electron chi connectivity index (χ1n) is 8.59. The Kier molecular flexibility index (Phi) is 4.63. The van der Waals surface area contributed by atoms with Crippen molar-refractivity contribution in [2.75, 3.05) is 17.7 Å². The third kappa shape index (κ3) is 3.63. The van der Waals surface area contributed by atoms with Crippen LogP contribution >= 0.6 is 0 Å². The summed E-state index contributed by atoms with van der Waals surface area (Å²) in [5.41, 5.74) is 0.861. The van der Waals surface area contributed by atoms with Crippen molar-refractivity contribution < 1.29 is 18.3 Å². The highest BCUT2D eigenvalue weighted by Crippen LogP contribution is 2.28. The Morgan fingerprint density at radius 3 is 2.93 bits per heavy atom. The summed E-state index contributed by atoms with van der Waals surface area (Å²) in [5, 5.41) is 13.0. The standard InChI is InChI=1S/C17H17F2N7O2/c1-20-13-7-12(24-11-3-2-6-21-16(11)28-17(18)19)25-14-10(8-22-26(13)14)15(27)23-9-4-5-9/h2-3,6-9,17,20H,4-5H2,1H3,(H,23,27)(H,24,25). The number of aromatic nitrogens is 4. The van der Waals surface area contributed by atoms with E-state index in [1.165, 1.54) is 23.0 Å². The van der Waals surface area contributed by atoms with Gasteiger partial charge < -0.3 is 20.7 Å². The lowest BCUT2D eigenvalue weighted by atomic mass is 10.3. The minimum atomic E-state index is -3.01. The molecular formula is C17H17F2N7O2. The summed E-state index contributed by atoms with van der Waals surface area (Å²) < 4.78 is 31.1. The molecule has 3 N–H and O–H groups in total. The van der Waals surface area contributed by atoms with Gasteiger partial charge in [-0.1, -0.05) is 0 Å². The van der Waals surface area contributed by atoms with Crippen LogP contribution in [0, 0.1) is 0 Å². The predicted octanol–water partition coefficient (Wildman–Crippen LogP) is 2.40. The highest BCUT2D eigenvalue weighted by molar-refractivity contribution is 6.00. The van der Waals surface area contributed by atoms with Crippen LogP contribution in [0.3, 0.4) is 0 Å². The maximum Gasteiger partial charge on any atom is 0.388 e. The van der Waals surface area contributed by atoms with Crippen LogP contribution in [0.4, 0.5) is 26.1 Å². The number of halogens is 2. The molecule has 3 aromatic rings. The van der Waals surface area contributed by atoms with Gasteiger partial charge in [0.15, 0.2) is 5.65 Å². The Bertz CT molecular complexity index is 1020. The largest absolute Gasteiger partial charge is 0.415 e. The monoisotopic (exact) mass is 389 g/mol. The molecule has 1 aliphatic carbocycles. The van der Waals surface area contributed by atoms with Crippen molar-refractivity contribution in [3.05, 3.63) is 36.2 Å². The lowest BCUT2D eigenvalue weighted by molar-refractivity contribution is -0.0523. The molecule has 0 atom stereocenters. The highest BCUT2D eigenvalue weighted by atomic mass is 19.3. The molecule has 0 unspecified atom stereocenters. The summed E-state index contributed by atoms with van der Waals surface area (Å²) in [5.74, 6) is 0.348. The van der Waals surface area contributed by atoms with E-state index in [1.807, 2.05) is 0 Å². The molecule has 0 aliphatic heterocycles. The van der Waals surface area contributed by atoms with Crippen LogP contribution in [0.1, 0.15) is 23.2 Å². The second-order valence-corrected chi connectivity index (χ2v) is 6.18. The summed E-state index contributed by atoms with van der Waals surface area (Å²) in [6.07, 6.45) is 4.71. The first-order chi connectivity index (χ1) is 13.5. The molecule has 3 aromatic heterocycles. The fourth-order valence-corrected chi connectivity index (χ4v) is 2.66. The topological polar surface area (TPSA) is 105 Å². The van der Waals surface area contributed by atoms with Crippen molar-refractivity contribution in [2.24, 2.45) is 0 Å². The van der Waals surface area contributed by atoms with E-state index in [0.717, 1.165) is 12.8 Å². The zero-order chi connectivity index (χ0) is 19.7. The maximum atomic E-state index is 12.6. The molecule has 3 heterocycles. The average molecular weight is 389 g/mol. The van der Waals surface area contributed by atoms with Gasteiger partial charge in [-0.25, -0.2) is 9.97 Å². The van der Waals surface area contributed by atoms with Crippen LogP contribution in [0.5, 0.6) is 5.88 Å². The minimum absolute atomic E-state index is 0.192. The maximum absolute atomic E-state index is 12.6. The number of fused-ring (bicyclic) bond motifs is 1. The molecule has 0 bridgehead atoms. The number of ether oxygens (including phenoxy) is 1. The number of pyridine rings is 1.